The van der Waals surface area contributed by atoms with Gasteiger partial charge >= 0.3 is 0 Å². The van der Waals surface area contributed by atoms with Crippen molar-refractivity contribution in [3.05, 3.63) is 71.6 Å². The molecule has 0 radical (unpaired) electrons. The number of aromatic amines is 1. The molecule has 0 spiro atoms. The summed E-state index contributed by atoms with van der Waals surface area (Å²) in [7, 11) is 0. The van der Waals surface area contributed by atoms with E-state index >= 15 is 0 Å². The average molecular weight is 381 g/mol. The third-order valence-corrected chi connectivity index (χ3v) is 5.43. The van der Waals surface area contributed by atoms with Gasteiger partial charge in [0.05, 0.1) is 0 Å². The second kappa shape index (κ2) is 11.7. The molecular weight excluding hydrogens is 348 g/mol. The number of benzene rings is 1. The number of nitrogens with zero attached hydrogens (tertiary/aromatic N) is 1. The fraction of sp³-hybridized carbons (Fsp3) is 0.375. The lowest BCUT2D eigenvalue weighted by Crippen LogP contribution is -1.86. The number of nitrogens with one attached hydrogen (secondary N) is 1. The third-order valence-electron chi connectivity index (χ3n) is 4.43. The highest BCUT2D eigenvalue weighted by molar-refractivity contribution is 7.99. The Kier molecular flexibility index (Phi) is 9.20. The molecule has 0 fully saturated rings. The topological polar surface area (TPSA) is 28.7 Å². The molecule has 2 rings (SSSR count). The van der Waals surface area contributed by atoms with Gasteiger partial charge in [0.2, 0.25) is 0 Å². The molecule has 0 aliphatic heterocycles. The van der Waals surface area contributed by atoms with Gasteiger partial charge in [0, 0.05) is 28.6 Å². The first kappa shape index (κ1) is 21.3. The summed E-state index contributed by atoms with van der Waals surface area (Å²) in [5, 5.41) is 0. The predicted molar refractivity (Wildman–Crippen MR) is 120 cm³/mol. The van der Waals surface area contributed by atoms with Gasteiger partial charge in [-0.25, -0.2) is 4.98 Å². The van der Waals surface area contributed by atoms with Crippen LogP contribution in [0.25, 0.3) is 11.4 Å². The van der Waals surface area contributed by atoms with Crippen molar-refractivity contribution in [1.29, 1.82) is 0 Å². The Morgan fingerprint density at radius 3 is 2.37 bits per heavy atom. The van der Waals surface area contributed by atoms with Crippen LogP contribution in [-0.4, -0.2) is 15.7 Å². The van der Waals surface area contributed by atoms with Crippen LogP contribution < -0.4 is 0 Å². The van der Waals surface area contributed by atoms with Crippen LogP contribution in [0.15, 0.2) is 76.5 Å². The fourth-order valence-corrected chi connectivity index (χ4v) is 3.86. The molecule has 0 unspecified atom stereocenters. The second-order valence-electron chi connectivity index (χ2n) is 7.20. The van der Waals surface area contributed by atoms with Crippen LogP contribution in [0.5, 0.6) is 0 Å². The summed E-state index contributed by atoms with van der Waals surface area (Å²) in [6.45, 7) is 8.82. The largest absolute Gasteiger partial charge is 0.345 e. The monoisotopic (exact) mass is 380 g/mol. The van der Waals surface area contributed by atoms with Gasteiger partial charge in [0.25, 0.3) is 0 Å². The summed E-state index contributed by atoms with van der Waals surface area (Å²) in [5.74, 6) is 1.93. The van der Waals surface area contributed by atoms with Gasteiger partial charge in [-0.15, -0.1) is 11.8 Å². The molecule has 0 aliphatic rings. The molecule has 1 aromatic carbocycles. The Hall–Kier alpha value is -2.00. The van der Waals surface area contributed by atoms with E-state index in [1.165, 1.54) is 33.6 Å². The maximum Gasteiger partial charge on any atom is 0.138 e. The van der Waals surface area contributed by atoms with Crippen molar-refractivity contribution >= 4 is 11.8 Å². The summed E-state index contributed by atoms with van der Waals surface area (Å²) in [5.41, 5.74) is 5.55. The normalized spacial score (nSPS) is 12.3. The van der Waals surface area contributed by atoms with E-state index in [2.05, 4.69) is 80.2 Å². The van der Waals surface area contributed by atoms with Gasteiger partial charge in [-0.05, 0) is 59.4 Å². The molecule has 144 valence electrons. The Morgan fingerprint density at radius 2 is 1.67 bits per heavy atom. The maximum absolute atomic E-state index is 4.38. The molecule has 1 N–H and O–H groups in total. The predicted octanol–water partition coefficient (Wildman–Crippen LogP) is 7.59. The van der Waals surface area contributed by atoms with Crippen LogP contribution in [0.3, 0.4) is 0 Å². The van der Waals surface area contributed by atoms with Gasteiger partial charge < -0.3 is 4.98 Å². The van der Waals surface area contributed by atoms with E-state index in [0.717, 1.165) is 30.8 Å². The van der Waals surface area contributed by atoms with Gasteiger partial charge in [-0.3, -0.25) is 0 Å². The minimum atomic E-state index is 0.938. The highest BCUT2D eigenvalue weighted by atomic mass is 32.2. The van der Waals surface area contributed by atoms with E-state index in [1.54, 1.807) is 6.20 Å². The second-order valence-corrected chi connectivity index (χ2v) is 8.27. The van der Waals surface area contributed by atoms with Crippen LogP contribution in [0.1, 0.15) is 53.4 Å². The van der Waals surface area contributed by atoms with Crippen LogP contribution in [0.2, 0.25) is 0 Å². The summed E-state index contributed by atoms with van der Waals surface area (Å²) >= 11 is 1.87. The fourth-order valence-electron chi connectivity index (χ4n) is 2.81. The number of allylic oxidation sites excluding steroid dienone is 5. The molecule has 2 aromatic rings. The van der Waals surface area contributed by atoms with Gasteiger partial charge in [0.15, 0.2) is 0 Å². The molecule has 1 heterocycles. The van der Waals surface area contributed by atoms with E-state index in [9.17, 15) is 0 Å². The molecule has 0 atom stereocenters. The lowest BCUT2D eigenvalue weighted by Gasteiger charge is -2.06. The minimum Gasteiger partial charge on any atom is -0.345 e. The van der Waals surface area contributed by atoms with Crippen molar-refractivity contribution in [3.63, 3.8) is 0 Å². The molecule has 0 amide bonds. The van der Waals surface area contributed by atoms with Crippen LogP contribution in [-0.2, 0) is 0 Å². The summed E-state index contributed by atoms with van der Waals surface area (Å²) in [4.78, 5) is 8.86. The minimum absolute atomic E-state index is 0.938. The number of hydrogen-bond donors (Lipinski definition) is 1. The molecule has 1 aromatic heterocycles. The average Bonchev–Trinajstić information content (AvgIpc) is 3.16. The molecule has 0 aliphatic carbocycles. The molecule has 27 heavy (non-hydrogen) atoms. The van der Waals surface area contributed by atoms with Crippen LogP contribution in [0.4, 0.5) is 0 Å². The van der Waals surface area contributed by atoms with Gasteiger partial charge in [-0.1, -0.05) is 53.1 Å². The summed E-state index contributed by atoms with van der Waals surface area (Å²) < 4.78 is 0. The lowest BCUT2D eigenvalue weighted by atomic mass is 10.1. The number of aromatic nitrogens is 2. The standard InChI is InChI=1S/C24H32N2S/c1-19(2)9-7-10-20(3)11-8-12-21(4)15-18-27-23-14-6-5-13-22(23)24-25-16-17-26-24/h5-6,9,11,13-17H,7-8,10,12,18H2,1-4H3,(H,25,26)/b20-11+,21-15+. The molecule has 0 saturated carbocycles. The van der Waals surface area contributed by atoms with E-state index in [1.807, 2.05) is 18.0 Å². The molecular formula is C24H32N2S. The Balaban J connectivity index is 1.79. The first-order valence-corrected chi connectivity index (χ1v) is 10.7. The zero-order valence-corrected chi connectivity index (χ0v) is 17.9. The lowest BCUT2D eigenvalue weighted by molar-refractivity contribution is 0.917. The molecule has 0 bridgehead atoms. The van der Waals surface area contributed by atoms with Crippen LogP contribution >= 0.6 is 11.8 Å². The summed E-state index contributed by atoms with van der Waals surface area (Å²) in [6.07, 6.45) is 15.4. The highest BCUT2D eigenvalue weighted by Gasteiger charge is 2.06. The van der Waals surface area contributed by atoms with Crippen molar-refractivity contribution in [2.75, 3.05) is 5.75 Å². The SMILES string of the molecule is CC(C)=CCC/C(C)=C/CC/C(C)=C/CSc1ccccc1-c1ncc[nH]1. The van der Waals surface area contributed by atoms with E-state index in [0.29, 0.717) is 0 Å². The molecule has 3 heteroatoms. The number of rotatable bonds is 10. The number of H-pyrrole nitrogens is 1. The third kappa shape index (κ3) is 8.04. The van der Waals surface area contributed by atoms with Gasteiger partial charge in [0.1, 0.15) is 5.82 Å². The van der Waals surface area contributed by atoms with Crippen molar-refractivity contribution < 1.29 is 0 Å². The highest BCUT2D eigenvalue weighted by Crippen LogP contribution is 2.29. The zero-order valence-electron chi connectivity index (χ0n) is 17.1. The Bertz CT molecular complexity index is 778. The molecule has 0 saturated heterocycles. The number of hydrogen-bond acceptors (Lipinski definition) is 2. The van der Waals surface area contributed by atoms with Crippen molar-refractivity contribution in [3.8, 4) is 11.4 Å². The van der Waals surface area contributed by atoms with E-state index in [-0.39, 0.29) is 0 Å². The van der Waals surface area contributed by atoms with Crippen molar-refractivity contribution in [1.82, 2.24) is 9.97 Å². The van der Waals surface area contributed by atoms with Crippen LogP contribution in [0, 0.1) is 0 Å². The first-order chi connectivity index (χ1) is 13.1. The molecule has 2 nitrogen and oxygen atoms in total. The van der Waals surface area contributed by atoms with Crippen molar-refractivity contribution in [2.24, 2.45) is 0 Å². The van der Waals surface area contributed by atoms with E-state index < -0.39 is 0 Å². The number of imidazole rings is 1. The number of thioether (sulfide) groups is 1. The Morgan fingerprint density at radius 1 is 0.963 bits per heavy atom. The van der Waals surface area contributed by atoms with Crippen molar-refractivity contribution in [2.45, 2.75) is 58.3 Å². The maximum atomic E-state index is 4.38. The zero-order chi connectivity index (χ0) is 19.5. The quantitative estimate of drug-likeness (QED) is 0.340. The smallest absolute Gasteiger partial charge is 0.138 e. The summed E-state index contributed by atoms with van der Waals surface area (Å²) in [6, 6.07) is 8.45. The van der Waals surface area contributed by atoms with E-state index in [4.69, 9.17) is 0 Å². The van der Waals surface area contributed by atoms with Gasteiger partial charge in [-0.2, -0.15) is 0 Å². The Labute approximate surface area is 168 Å². The first-order valence-electron chi connectivity index (χ1n) is 9.72.